The number of furan rings is 1. The number of nitrogens with zero attached hydrogens (tertiary/aromatic N) is 1. The van der Waals surface area contributed by atoms with Gasteiger partial charge in [-0.05, 0) is 80.3 Å². The second-order valence-corrected chi connectivity index (χ2v) is 7.99. The highest BCUT2D eigenvalue weighted by Gasteiger charge is 2.15. The Hall–Kier alpha value is -4.51. The molecule has 0 aliphatic heterocycles. The predicted octanol–water partition coefficient (Wildman–Crippen LogP) is 4.81. The molecular weight excluding hydrogens is 460 g/mol. The van der Waals surface area contributed by atoms with Crippen molar-refractivity contribution in [3.63, 3.8) is 0 Å². The van der Waals surface area contributed by atoms with Crippen molar-refractivity contribution in [1.29, 1.82) is 5.26 Å². The molecule has 36 heavy (non-hydrogen) atoms. The number of carbonyl (C=O) groups is 2. The molecule has 3 aromatic rings. The first kappa shape index (κ1) is 26.1. The third-order valence-electron chi connectivity index (χ3n) is 5.38. The van der Waals surface area contributed by atoms with Gasteiger partial charge in [-0.2, -0.15) is 5.26 Å². The maximum absolute atomic E-state index is 12.5. The summed E-state index contributed by atoms with van der Waals surface area (Å²) >= 11 is 0. The molecule has 0 saturated carbocycles. The molecular formula is C28H28N2O6. The van der Waals surface area contributed by atoms with Gasteiger partial charge in [-0.1, -0.05) is 18.2 Å². The Bertz CT molecular complexity index is 1300. The van der Waals surface area contributed by atoms with Crippen LogP contribution in [0.2, 0.25) is 0 Å². The molecule has 8 nitrogen and oxygen atoms in total. The lowest BCUT2D eigenvalue weighted by atomic mass is 10.1. The standard InChI is InChI=1S/C28H28N2O6/c1-5-33-25-14-21(13-22(15-29)28(32)30-16-23-7-6-12-34-23)10-11-24(25)36-26(31)17-35-27-19(3)9-8-18(2)20(27)4/h6-14H,5,16-17H2,1-4H3,(H,30,32)/b22-13+. The van der Waals surface area contributed by atoms with E-state index in [1.807, 2.05) is 39.0 Å². The van der Waals surface area contributed by atoms with E-state index < -0.39 is 11.9 Å². The molecule has 0 bridgehead atoms. The van der Waals surface area contributed by atoms with Crippen molar-refractivity contribution < 1.29 is 28.2 Å². The summed E-state index contributed by atoms with van der Waals surface area (Å²) < 4.78 is 22.0. The number of carbonyl (C=O) groups excluding carboxylic acids is 2. The van der Waals surface area contributed by atoms with E-state index in [9.17, 15) is 14.9 Å². The summed E-state index contributed by atoms with van der Waals surface area (Å²) in [5.74, 6) is 0.613. The molecule has 1 heterocycles. The lowest BCUT2D eigenvalue weighted by Crippen LogP contribution is -2.23. The van der Waals surface area contributed by atoms with E-state index in [-0.39, 0.29) is 24.5 Å². The van der Waals surface area contributed by atoms with E-state index in [1.54, 1.807) is 37.3 Å². The summed E-state index contributed by atoms with van der Waals surface area (Å²) in [7, 11) is 0. The molecule has 0 saturated heterocycles. The summed E-state index contributed by atoms with van der Waals surface area (Å²) in [6.45, 7) is 7.84. The molecule has 1 N–H and O–H groups in total. The molecule has 1 amide bonds. The van der Waals surface area contributed by atoms with Crippen molar-refractivity contribution in [2.75, 3.05) is 13.2 Å². The van der Waals surface area contributed by atoms with E-state index in [1.165, 1.54) is 12.3 Å². The van der Waals surface area contributed by atoms with E-state index in [2.05, 4.69) is 5.32 Å². The van der Waals surface area contributed by atoms with Gasteiger partial charge in [0, 0.05) is 0 Å². The zero-order valence-electron chi connectivity index (χ0n) is 20.7. The summed E-state index contributed by atoms with van der Waals surface area (Å²) in [4.78, 5) is 24.9. The number of hydrogen-bond donors (Lipinski definition) is 1. The number of aryl methyl sites for hydroxylation is 2. The number of rotatable bonds is 10. The van der Waals surface area contributed by atoms with E-state index in [0.29, 0.717) is 29.4 Å². The minimum atomic E-state index is -0.588. The maximum atomic E-state index is 12.5. The molecule has 0 aliphatic carbocycles. The zero-order valence-corrected chi connectivity index (χ0v) is 20.7. The van der Waals surface area contributed by atoms with Crippen LogP contribution in [-0.2, 0) is 16.1 Å². The molecule has 0 spiro atoms. The molecule has 3 rings (SSSR count). The van der Waals surface area contributed by atoms with Crippen molar-refractivity contribution in [1.82, 2.24) is 5.32 Å². The van der Waals surface area contributed by atoms with Crippen molar-refractivity contribution in [3.8, 4) is 23.3 Å². The van der Waals surface area contributed by atoms with Crippen LogP contribution < -0.4 is 19.5 Å². The molecule has 1 aromatic heterocycles. The fourth-order valence-electron chi connectivity index (χ4n) is 3.39. The first-order valence-electron chi connectivity index (χ1n) is 11.4. The minimum absolute atomic E-state index is 0.0916. The van der Waals surface area contributed by atoms with Crippen LogP contribution in [0.5, 0.6) is 17.2 Å². The topological polar surface area (TPSA) is 111 Å². The highest BCUT2D eigenvalue weighted by molar-refractivity contribution is 6.01. The molecule has 0 unspecified atom stereocenters. The summed E-state index contributed by atoms with van der Waals surface area (Å²) in [6, 6.07) is 14.0. The van der Waals surface area contributed by atoms with Crippen LogP contribution >= 0.6 is 0 Å². The van der Waals surface area contributed by atoms with Crippen molar-refractivity contribution >= 4 is 18.0 Å². The number of nitriles is 1. The largest absolute Gasteiger partial charge is 0.490 e. The van der Waals surface area contributed by atoms with Gasteiger partial charge in [0.1, 0.15) is 23.2 Å². The van der Waals surface area contributed by atoms with Crippen LogP contribution in [0.15, 0.2) is 58.7 Å². The fourth-order valence-corrected chi connectivity index (χ4v) is 3.39. The number of nitrogens with one attached hydrogen (secondary N) is 1. The SMILES string of the molecule is CCOc1cc(/C=C(\C#N)C(=O)NCc2ccco2)ccc1OC(=O)COc1c(C)ccc(C)c1C. The average Bonchev–Trinajstić information content (AvgIpc) is 3.39. The van der Waals surface area contributed by atoms with Crippen molar-refractivity contribution in [3.05, 3.63) is 82.3 Å². The van der Waals surface area contributed by atoms with E-state index >= 15 is 0 Å². The Morgan fingerprint density at radius 1 is 1.06 bits per heavy atom. The van der Waals surface area contributed by atoms with Gasteiger partial charge in [0.15, 0.2) is 18.1 Å². The smallest absolute Gasteiger partial charge is 0.349 e. The minimum Gasteiger partial charge on any atom is -0.490 e. The number of amides is 1. The van der Waals surface area contributed by atoms with Crippen molar-refractivity contribution in [2.45, 2.75) is 34.2 Å². The lowest BCUT2D eigenvalue weighted by molar-refractivity contribution is -0.136. The first-order chi connectivity index (χ1) is 17.3. The highest BCUT2D eigenvalue weighted by atomic mass is 16.6. The fraction of sp³-hybridized carbons (Fsp3) is 0.250. The second-order valence-electron chi connectivity index (χ2n) is 7.99. The van der Waals surface area contributed by atoms with Crippen LogP contribution in [0, 0.1) is 32.1 Å². The normalized spacial score (nSPS) is 10.9. The van der Waals surface area contributed by atoms with Gasteiger partial charge in [0.05, 0.1) is 19.4 Å². The van der Waals surface area contributed by atoms with E-state index in [0.717, 1.165) is 16.7 Å². The number of ether oxygens (including phenoxy) is 3. The Kier molecular flexibility index (Phi) is 8.89. The van der Waals surface area contributed by atoms with E-state index in [4.69, 9.17) is 18.6 Å². The van der Waals surface area contributed by atoms with Crippen LogP contribution in [-0.4, -0.2) is 25.1 Å². The Balaban J connectivity index is 1.70. The van der Waals surface area contributed by atoms with Gasteiger partial charge in [-0.3, -0.25) is 4.79 Å². The Morgan fingerprint density at radius 3 is 2.53 bits per heavy atom. The maximum Gasteiger partial charge on any atom is 0.349 e. The Labute approximate surface area is 210 Å². The predicted molar refractivity (Wildman–Crippen MR) is 134 cm³/mol. The number of hydrogen-bond acceptors (Lipinski definition) is 7. The summed E-state index contributed by atoms with van der Waals surface area (Å²) in [5.41, 5.74) is 3.41. The second kappa shape index (κ2) is 12.3. The van der Waals surface area contributed by atoms with Gasteiger partial charge >= 0.3 is 5.97 Å². The molecule has 8 heteroatoms. The molecule has 0 atom stereocenters. The summed E-state index contributed by atoms with van der Waals surface area (Å²) in [5, 5.41) is 12.1. The Morgan fingerprint density at radius 2 is 1.83 bits per heavy atom. The monoisotopic (exact) mass is 488 g/mol. The average molecular weight is 489 g/mol. The zero-order chi connectivity index (χ0) is 26.1. The molecule has 0 radical (unpaired) electrons. The quantitative estimate of drug-likeness (QED) is 0.189. The molecule has 0 fully saturated rings. The third-order valence-corrected chi connectivity index (χ3v) is 5.38. The van der Waals surface area contributed by atoms with Crippen LogP contribution in [0.4, 0.5) is 0 Å². The van der Waals surface area contributed by atoms with Gasteiger partial charge < -0.3 is 23.9 Å². The summed E-state index contributed by atoms with van der Waals surface area (Å²) in [6.07, 6.45) is 2.93. The van der Waals surface area contributed by atoms with Gasteiger partial charge in [-0.25, -0.2) is 4.79 Å². The number of benzene rings is 2. The van der Waals surface area contributed by atoms with Crippen LogP contribution in [0.3, 0.4) is 0 Å². The first-order valence-corrected chi connectivity index (χ1v) is 11.4. The third kappa shape index (κ3) is 6.76. The van der Waals surface area contributed by atoms with Crippen LogP contribution in [0.1, 0.15) is 34.9 Å². The van der Waals surface area contributed by atoms with Gasteiger partial charge in [0.25, 0.3) is 5.91 Å². The van der Waals surface area contributed by atoms with Crippen molar-refractivity contribution in [2.24, 2.45) is 0 Å². The molecule has 186 valence electrons. The van der Waals surface area contributed by atoms with Crippen LogP contribution in [0.25, 0.3) is 6.08 Å². The highest BCUT2D eigenvalue weighted by Crippen LogP contribution is 2.30. The van der Waals surface area contributed by atoms with Gasteiger partial charge in [-0.15, -0.1) is 0 Å². The van der Waals surface area contributed by atoms with Gasteiger partial charge in [0.2, 0.25) is 0 Å². The molecule has 0 aliphatic rings. The lowest BCUT2D eigenvalue weighted by Gasteiger charge is -2.15. The molecule has 2 aromatic carbocycles. The number of esters is 1.